The van der Waals surface area contributed by atoms with Crippen LogP contribution in [-0.2, 0) is 4.74 Å². The third-order valence-electron chi connectivity index (χ3n) is 2.38. The van der Waals surface area contributed by atoms with Gasteiger partial charge in [0.25, 0.3) is 5.56 Å². The highest BCUT2D eigenvalue weighted by atomic mass is 32.1. The summed E-state index contributed by atoms with van der Waals surface area (Å²) in [7, 11) is 0. The van der Waals surface area contributed by atoms with Crippen molar-refractivity contribution in [1.29, 1.82) is 0 Å². The van der Waals surface area contributed by atoms with E-state index in [1.54, 1.807) is 19.2 Å². The predicted octanol–water partition coefficient (Wildman–Crippen LogP) is 1.78. The molecule has 0 atom stereocenters. The first-order chi connectivity index (χ1) is 8.06. The molecule has 0 aliphatic carbocycles. The van der Waals surface area contributed by atoms with Crippen LogP contribution in [0.1, 0.15) is 22.8 Å². The van der Waals surface area contributed by atoms with Gasteiger partial charge in [-0.3, -0.25) is 4.79 Å². The van der Waals surface area contributed by atoms with E-state index in [0.717, 1.165) is 5.56 Å². The topological polar surface area (TPSA) is 79.4 Å². The maximum atomic E-state index is 11.7. The lowest BCUT2D eigenvalue weighted by atomic mass is 10.1. The molecule has 0 aliphatic rings. The first kappa shape index (κ1) is 11.7. The summed E-state index contributed by atoms with van der Waals surface area (Å²) in [6.07, 6.45) is 0. The highest BCUT2D eigenvalue weighted by molar-refractivity contribution is 7.17. The van der Waals surface area contributed by atoms with Crippen molar-refractivity contribution in [3.8, 4) is 5.75 Å². The van der Waals surface area contributed by atoms with Crippen molar-refractivity contribution in [2.45, 2.75) is 13.8 Å². The van der Waals surface area contributed by atoms with Crippen molar-refractivity contribution in [2.24, 2.45) is 0 Å². The maximum absolute atomic E-state index is 11.7. The number of carbonyl (C=O) groups is 1. The van der Waals surface area contributed by atoms with E-state index in [2.05, 4.69) is 4.98 Å². The van der Waals surface area contributed by atoms with Crippen molar-refractivity contribution in [3.05, 3.63) is 26.9 Å². The molecule has 0 radical (unpaired) electrons. The van der Waals surface area contributed by atoms with Crippen LogP contribution in [0.25, 0.3) is 10.2 Å². The van der Waals surface area contributed by atoms with E-state index in [1.165, 1.54) is 11.3 Å². The zero-order valence-corrected chi connectivity index (χ0v) is 10.2. The lowest BCUT2D eigenvalue weighted by molar-refractivity contribution is 0.0521. The van der Waals surface area contributed by atoms with Crippen LogP contribution in [0.3, 0.4) is 0 Å². The number of nitrogens with one attached hydrogen (secondary N) is 1. The van der Waals surface area contributed by atoms with E-state index in [4.69, 9.17) is 4.74 Å². The molecule has 0 amide bonds. The molecule has 2 heterocycles. The van der Waals surface area contributed by atoms with Crippen LogP contribution in [0.2, 0.25) is 0 Å². The Morgan fingerprint density at radius 2 is 2.29 bits per heavy atom. The third kappa shape index (κ3) is 1.80. The number of aromatic amines is 1. The second kappa shape index (κ2) is 4.21. The van der Waals surface area contributed by atoms with E-state index in [1.807, 2.05) is 0 Å². The Labute approximate surface area is 101 Å². The standard InChI is InChI=1S/C11H11NO4S/c1-3-16-11(15)7-8(13)6-5(2)4-17-10(6)12-9(7)14/h4H,3H2,1-2H3,(H2,12,13,14). The van der Waals surface area contributed by atoms with E-state index in [-0.39, 0.29) is 17.9 Å². The fourth-order valence-electron chi connectivity index (χ4n) is 1.62. The number of thiophene rings is 1. The van der Waals surface area contributed by atoms with Gasteiger partial charge in [0.15, 0.2) is 5.56 Å². The molecular weight excluding hydrogens is 242 g/mol. The summed E-state index contributed by atoms with van der Waals surface area (Å²) < 4.78 is 4.74. The number of aromatic nitrogens is 1. The number of fused-ring (bicyclic) bond motifs is 1. The Hall–Kier alpha value is -1.82. The van der Waals surface area contributed by atoms with Crippen molar-refractivity contribution in [1.82, 2.24) is 4.98 Å². The molecule has 0 saturated heterocycles. The van der Waals surface area contributed by atoms with Gasteiger partial charge in [-0.25, -0.2) is 4.79 Å². The molecule has 0 unspecified atom stereocenters. The fourth-order valence-corrected chi connectivity index (χ4v) is 2.56. The van der Waals surface area contributed by atoms with E-state index in [9.17, 15) is 14.7 Å². The molecule has 17 heavy (non-hydrogen) atoms. The minimum atomic E-state index is -0.807. The molecule has 2 aromatic rings. The van der Waals surface area contributed by atoms with Crippen molar-refractivity contribution in [3.63, 3.8) is 0 Å². The predicted molar refractivity (Wildman–Crippen MR) is 64.8 cm³/mol. The number of H-pyrrole nitrogens is 1. The molecule has 2 N–H and O–H groups in total. The largest absolute Gasteiger partial charge is 0.506 e. The number of esters is 1. The normalized spacial score (nSPS) is 10.7. The van der Waals surface area contributed by atoms with Gasteiger partial charge in [-0.15, -0.1) is 11.3 Å². The van der Waals surface area contributed by atoms with Crippen molar-refractivity contribution < 1.29 is 14.6 Å². The van der Waals surface area contributed by atoms with Gasteiger partial charge < -0.3 is 14.8 Å². The number of ether oxygens (including phenoxy) is 1. The lowest BCUT2D eigenvalue weighted by Crippen LogP contribution is -2.19. The summed E-state index contributed by atoms with van der Waals surface area (Å²) >= 11 is 1.31. The van der Waals surface area contributed by atoms with Gasteiger partial charge in [-0.2, -0.15) is 0 Å². The molecule has 2 aromatic heterocycles. The van der Waals surface area contributed by atoms with Crippen LogP contribution in [-0.4, -0.2) is 22.7 Å². The third-order valence-corrected chi connectivity index (χ3v) is 3.40. The molecule has 0 bridgehead atoms. The van der Waals surface area contributed by atoms with Crippen LogP contribution in [0.4, 0.5) is 0 Å². The summed E-state index contributed by atoms with van der Waals surface area (Å²) in [6.45, 7) is 3.59. The van der Waals surface area contributed by atoms with E-state index in [0.29, 0.717) is 10.2 Å². The highest BCUT2D eigenvalue weighted by Crippen LogP contribution is 2.32. The van der Waals surface area contributed by atoms with Gasteiger partial charge in [-0.05, 0) is 24.8 Å². The minimum absolute atomic E-state index is 0.151. The SMILES string of the molecule is CCOC(=O)c1c(O)c2c(C)csc2[nH]c1=O. The smallest absolute Gasteiger partial charge is 0.347 e. The Kier molecular flexibility index (Phi) is 2.89. The summed E-state index contributed by atoms with van der Waals surface area (Å²) in [5, 5.41) is 12.3. The van der Waals surface area contributed by atoms with Gasteiger partial charge in [-0.1, -0.05) is 0 Å². The van der Waals surface area contributed by atoms with Gasteiger partial charge in [0.2, 0.25) is 0 Å². The second-order valence-corrected chi connectivity index (χ2v) is 4.40. The zero-order valence-electron chi connectivity index (χ0n) is 9.36. The molecule has 5 nitrogen and oxygen atoms in total. The molecule has 0 aliphatic heterocycles. The Morgan fingerprint density at radius 3 is 2.94 bits per heavy atom. The second-order valence-electron chi connectivity index (χ2n) is 3.52. The molecule has 2 rings (SSSR count). The highest BCUT2D eigenvalue weighted by Gasteiger charge is 2.21. The number of rotatable bonds is 2. The van der Waals surface area contributed by atoms with E-state index < -0.39 is 11.5 Å². The van der Waals surface area contributed by atoms with E-state index >= 15 is 0 Å². The molecular formula is C11H11NO4S. The van der Waals surface area contributed by atoms with Crippen LogP contribution in [0.5, 0.6) is 5.75 Å². The first-order valence-corrected chi connectivity index (χ1v) is 5.94. The Balaban J connectivity index is 2.75. The number of pyridine rings is 1. The lowest BCUT2D eigenvalue weighted by Gasteiger charge is -2.04. The van der Waals surface area contributed by atoms with Gasteiger partial charge in [0.05, 0.1) is 12.0 Å². The number of hydrogen-bond acceptors (Lipinski definition) is 5. The summed E-state index contributed by atoms with van der Waals surface area (Å²) in [4.78, 5) is 26.3. The molecule has 0 fully saturated rings. The number of aryl methyl sites for hydroxylation is 1. The Bertz CT molecular complexity index is 641. The number of carbonyl (C=O) groups excluding carboxylic acids is 1. The Morgan fingerprint density at radius 1 is 1.59 bits per heavy atom. The summed E-state index contributed by atoms with van der Waals surface area (Å²) in [6, 6.07) is 0. The summed E-state index contributed by atoms with van der Waals surface area (Å²) in [5.41, 5.74) is -0.152. The molecule has 6 heteroatoms. The van der Waals surface area contributed by atoms with Crippen LogP contribution < -0.4 is 5.56 Å². The van der Waals surface area contributed by atoms with Crippen LogP contribution >= 0.6 is 11.3 Å². The van der Waals surface area contributed by atoms with Crippen molar-refractivity contribution >= 4 is 27.5 Å². The first-order valence-electron chi connectivity index (χ1n) is 5.06. The zero-order chi connectivity index (χ0) is 12.6. The average molecular weight is 253 g/mol. The molecule has 0 saturated carbocycles. The quantitative estimate of drug-likeness (QED) is 0.799. The van der Waals surface area contributed by atoms with Gasteiger partial charge in [0.1, 0.15) is 10.6 Å². The van der Waals surface area contributed by atoms with Gasteiger partial charge >= 0.3 is 5.97 Å². The monoisotopic (exact) mass is 253 g/mol. The molecule has 90 valence electrons. The van der Waals surface area contributed by atoms with Crippen LogP contribution in [0, 0.1) is 6.92 Å². The maximum Gasteiger partial charge on any atom is 0.347 e. The molecule has 0 spiro atoms. The van der Waals surface area contributed by atoms with Crippen molar-refractivity contribution in [2.75, 3.05) is 6.61 Å². The van der Waals surface area contributed by atoms with Crippen LogP contribution in [0.15, 0.2) is 10.2 Å². The van der Waals surface area contributed by atoms with Gasteiger partial charge in [0, 0.05) is 0 Å². The number of aromatic hydroxyl groups is 1. The summed E-state index contributed by atoms with van der Waals surface area (Å²) in [5.74, 6) is -1.11. The molecule has 0 aromatic carbocycles. The average Bonchev–Trinajstić information content (AvgIpc) is 2.60. The fraction of sp³-hybridized carbons (Fsp3) is 0.273. The minimum Gasteiger partial charge on any atom is -0.506 e. The number of hydrogen-bond donors (Lipinski definition) is 2.